The Hall–Kier alpha value is -1.13. The lowest BCUT2D eigenvalue weighted by atomic mass is 9.95. The smallest absolute Gasteiger partial charge is 0.227 e. The fourth-order valence-corrected chi connectivity index (χ4v) is 2.66. The Morgan fingerprint density at radius 3 is 2.84 bits per heavy atom. The van der Waals surface area contributed by atoms with Gasteiger partial charge in [0.25, 0.3) is 0 Å². The van der Waals surface area contributed by atoms with Crippen molar-refractivity contribution in [1.82, 2.24) is 0 Å². The van der Waals surface area contributed by atoms with Crippen LogP contribution in [0.25, 0.3) is 0 Å². The number of hydrogen-bond acceptors (Lipinski definition) is 2. The van der Waals surface area contributed by atoms with Crippen molar-refractivity contribution in [1.29, 1.82) is 0 Å². The molecule has 1 aliphatic carbocycles. The molecule has 106 valence electrons. The Kier molecular flexibility index (Phi) is 5.76. The maximum Gasteiger partial charge on any atom is 0.227 e. The molecule has 0 unspecified atom stereocenters. The standard InChI is InChI=1S/C14H19FN2O.ClH/c1-9-7-11(15)5-6-13(9)17-14(18)12-4-2-3-10(12)8-16;/h5-7,10,12H,2-4,8,16H2,1H3,(H,17,18);1H/t10-,12-;/m1./s1. The molecule has 0 aliphatic heterocycles. The van der Waals surface area contributed by atoms with Gasteiger partial charge in [-0.15, -0.1) is 12.4 Å². The third-order valence-corrected chi connectivity index (χ3v) is 3.74. The van der Waals surface area contributed by atoms with E-state index >= 15 is 0 Å². The highest BCUT2D eigenvalue weighted by molar-refractivity contribution is 5.93. The zero-order valence-corrected chi connectivity index (χ0v) is 11.8. The fraction of sp³-hybridized carbons (Fsp3) is 0.500. The van der Waals surface area contributed by atoms with Crippen LogP contribution in [0.15, 0.2) is 18.2 Å². The van der Waals surface area contributed by atoms with E-state index in [4.69, 9.17) is 5.73 Å². The van der Waals surface area contributed by atoms with Crippen LogP contribution in [-0.4, -0.2) is 12.5 Å². The average Bonchev–Trinajstić information content (AvgIpc) is 2.81. The van der Waals surface area contributed by atoms with Gasteiger partial charge in [-0.1, -0.05) is 6.42 Å². The third-order valence-electron chi connectivity index (χ3n) is 3.74. The molecule has 1 saturated carbocycles. The van der Waals surface area contributed by atoms with Gasteiger partial charge in [0.2, 0.25) is 5.91 Å². The molecule has 2 rings (SSSR count). The minimum atomic E-state index is -0.286. The van der Waals surface area contributed by atoms with Gasteiger partial charge in [0.1, 0.15) is 5.82 Å². The van der Waals surface area contributed by atoms with Crippen molar-refractivity contribution in [3.05, 3.63) is 29.6 Å². The fourth-order valence-electron chi connectivity index (χ4n) is 2.66. The van der Waals surface area contributed by atoms with E-state index in [2.05, 4.69) is 5.32 Å². The molecule has 1 aromatic rings. The number of anilines is 1. The summed E-state index contributed by atoms with van der Waals surface area (Å²) in [5, 5.41) is 2.88. The summed E-state index contributed by atoms with van der Waals surface area (Å²) in [7, 11) is 0. The van der Waals surface area contributed by atoms with E-state index in [1.54, 1.807) is 13.0 Å². The topological polar surface area (TPSA) is 55.1 Å². The number of rotatable bonds is 3. The van der Waals surface area contributed by atoms with Crippen molar-refractivity contribution < 1.29 is 9.18 Å². The number of benzene rings is 1. The quantitative estimate of drug-likeness (QED) is 0.898. The van der Waals surface area contributed by atoms with Crippen molar-refractivity contribution >= 4 is 24.0 Å². The van der Waals surface area contributed by atoms with E-state index in [0.717, 1.165) is 24.8 Å². The molecule has 0 radical (unpaired) electrons. The van der Waals surface area contributed by atoms with Crippen LogP contribution in [0, 0.1) is 24.6 Å². The predicted octanol–water partition coefficient (Wildman–Crippen LogP) is 2.87. The predicted molar refractivity (Wildman–Crippen MR) is 76.9 cm³/mol. The Morgan fingerprint density at radius 2 is 2.21 bits per heavy atom. The largest absolute Gasteiger partial charge is 0.330 e. The monoisotopic (exact) mass is 286 g/mol. The van der Waals surface area contributed by atoms with Crippen molar-refractivity contribution in [3.63, 3.8) is 0 Å². The van der Waals surface area contributed by atoms with Crippen molar-refractivity contribution in [2.75, 3.05) is 11.9 Å². The first-order valence-electron chi connectivity index (χ1n) is 6.39. The highest BCUT2D eigenvalue weighted by Crippen LogP contribution is 2.32. The molecule has 0 aromatic heterocycles. The summed E-state index contributed by atoms with van der Waals surface area (Å²) < 4.78 is 13.0. The van der Waals surface area contributed by atoms with E-state index in [1.165, 1.54) is 12.1 Å². The van der Waals surface area contributed by atoms with Crippen molar-refractivity contribution in [2.45, 2.75) is 26.2 Å². The minimum Gasteiger partial charge on any atom is -0.330 e. The number of amides is 1. The lowest BCUT2D eigenvalue weighted by Crippen LogP contribution is -2.29. The summed E-state index contributed by atoms with van der Waals surface area (Å²) in [4.78, 5) is 12.2. The number of nitrogens with one attached hydrogen (secondary N) is 1. The zero-order chi connectivity index (χ0) is 13.1. The van der Waals surface area contributed by atoms with Gasteiger partial charge in [-0.3, -0.25) is 4.79 Å². The van der Waals surface area contributed by atoms with Crippen molar-refractivity contribution in [2.24, 2.45) is 17.6 Å². The number of halogens is 2. The van der Waals surface area contributed by atoms with Crippen LogP contribution in [0.3, 0.4) is 0 Å². The number of carbonyl (C=O) groups is 1. The first kappa shape index (κ1) is 15.9. The van der Waals surface area contributed by atoms with E-state index in [1.807, 2.05) is 0 Å². The molecule has 1 fully saturated rings. The van der Waals surface area contributed by atoms with E-state index in [9.17, 15) is 9.18 Å². The Balaban J connectivity index is 0.00000180. The van der Waals surface area contributed by atoms with Gasteiger partial charge >= 0.3 is 0 Å². The number of aryl methyl sites for hydroxylation is 1. The van der Waals surface area contributed by atoms with Gasteiger partial charge in [-0.25, -0.2) is 4.39 Å². The van der Waals surface area contributed by atoms with Gasteiger partial charge < -0.3 is 11.1 Å². The van der Waals surface area contributed by atoms with Gasteiger partial charge in [-0.05, 0) is 56.0 Å². The summed E-state index contributed by atoms with van der Waals surface area (Å²) in [6.07, 6.45) is 2.98. The first-order valence-corrected chi connectivity index (χ1v) is 6.39. The molecule has 1 amide bonds. The van der Waals surface area contributed by atoms with Crippen LogP contribution in [-0.2, 0) is 4.79 Å². The number of hydrogen-bond donors (Lipinski definition) is 2. The number of carbonyl (C=O) groups excluding carboxylic acids is 1. The molecule has 3 nitrogen and oxygen atoms in total. The normalized spacial score (nSPS) is 21.8. The molecule has 0 bridgehead atoms. The second-order valence-corrected chi connectivity index (χ2v) is 4.98. The van der Waals surface area contributed by atoms with Gasteiger partial charge in [0, 0.05) is 11.6 Å². The van der Waals surface area contributed by atoms with Gasteiger partial charge in [0.05, 0.1) is 0 Å². The zero-order valence-electron chi connectivity index (χ0n) is 11.0. The summed E-state index contributed by atoms with van der Waals surface area (Å²) in [5.74, 6) is 0.00839. The van der Waals surface area contributed by atoms with Crippen LogP contribution in [0.4, 0.5) is 10.1 Å². The van der Waals surface area contributed by atoms with Gasteiger partial charge in [-0.2, -0.15) is 0 Å². The number of nitrogens with two attached hydrogens (primary N) is 1. The molecule has 5 heteroatoms. The molecule has 0 spiro atoms. The van der Waals surface area contributed by atoms with Crippen molar-refractivity contribution in [3.8, 4) is 0 Å². The molecular weight excluding hydrogens is 267 g/mol. The van der Waals surface area contributed by atoms with E-state index in [-0.39, 0.29) is 36.0 Å². The van der Waals surface area contributed by atoms with Crippen LogP contribution in [0.2, 0.25) is 0 Å². The summed E-state index contributed by atoms with van der Waals surface area (Å²) in [6, 6.07) is 4.39. The Bertz CT molecular complexity index is 453. The maximum atomic E-state index is 13.0. The highest BCUT2D eigenvalue weighted by atomic mass is 35.5. The maximum absolute atomic E-state index is 13.0. The SMILES string of the molecule is Cc1cc(F)ccc1NC(=O)[C@@H]1CCC[C@@H]1CN.Cl. The van der Waals surface area contributed by atoms with Crippen LogP contribution >= 0.6 is 12.4 Å². The molecular formula is C14H20ClFN2O. The molecule has 2 atom stereocenters. The van der Waals surface area contributed by atoms with Crippen LogP contribution < -0.4 is 11.1 Å². The Morgan fingerprint density at radius 1 is 1.47 bits per heavy atom. The molecule has 0 heterocycles. The van der Waals surface area contributed by atoms with E-state index in [0.29, 0.717) is 12.2 Å². The Labute approximate surface area is 119 Å². The molecule has 1 aliphatic rings. The summed E-state index contributed by atoms with van der Waals surface area (Å²) in [5.41, 5.74) is 7.10. The second kappa shape index (κ2) is 6.87. The first-order chi connectivity index (χ1) is 8.61. The highest BCUT2D eigenvalue weighted by Gasteiger charge is 2.31. The third kappa shape index (κ3) is 3.67. The second-order valence-electron chi connectivity index (χ2n) is 4.98. The molecule has 1 aromatic carbocycles. The minimum absolute atomic E-state index is 0. The molecule has 0 saturated heterocycles. The lowest BCUT2D eigenvalue weighted by molar-refractivity contribution is -0.120. The average molecular weight is 287 g/mol. The summed E-state index contributed by atoms with van der Waals surface area (Å²) in [6.45, 7) is 2.34. The van der Waals surface area contributed by atoms with E-state index < -0.39 is 0 Å². The van der Waals surface area contributed by atoms with Crippen LogP contribution in [0.1, 0.15) is 24.8 Å². The van der Waals surface area contributed by atoms with Crippen LogP contribution in [0.5, 0.6) is 0 Å². The molecule has 3 N–H and O–H groups in total. The van der Waals surface area contributed by atoms with Gasteiger partial charge in [0.15, 0.2) is 0 Å². The molecule has 19 heavy (non-hydrogen) atoms. The summed E-state index contributed by atoms with van der Waals surface area (Å²) >= 11 is 0. The lowest BCUT2D eigenvalue weighted by Gasteiger charge is -2.18.